The lowest BCUT2D eigenvalue weighted by Crippen LogP contribution is -2.46. The number of rotatable bonds is 11. The molecule has 0 aromatic carbocycles. The van der Waals surface area contributed by atoms with E-state index in [1.54, 1.807) is 0 Å². The first-order valence-corrected chi connectivity index (χ1v) is 11.1. The molecule has 30 heavy (non-hydrogen) atoms. The summed E-state index contributed by atoms with van der Waals surface area (Å²) in [7, 11) is 0. The van der Waals surface area contributed by atoms with Gasteiger partial charge in [-0.05, 0) is 19.4 Å². The first kappa shape index (κ1) is 22.9. The van der Waals surface area contributed by atoms with Crippen LogP contribution in [0.3, 0.4) is 0 Å². The molecule has 4 atom stereocenters. The predicted octanol–water partition coefficient (Wildman–Crippen LogP) is 2.67. The van der Waals surface area contributed by atoms with Crippen LogP contribution in [0.2, 0.25) is 0 Å². The number of nitrogens with zero attached hydrogens (tertiary/aromatic N) is 2. The summed E-state index contributed by atoms with van der Waals surface area (Å²) in [5.41, 5.74) is -2.13. The van der Waals surface area contributed by atoms with E-state index in [9.17, 15) is 20.1 Å². The van der Waals surface area contributed by atoms with Crippen molar-refractivity contribution in [2.75, 3.05) is 6.61 Å². The van der Waals surface area contributed by atoms with Crippen molar-refractivity contribution in [3.05, 3.63) is 28.5 Å². The van der Waals surface area contributed by atoms with Crippen LogP contribution < -0.4 is 5.69 Å². The van der Waals surface area contributed by atoms with E-state index in [1.165, 1.54) is 51.6 Å². The first-order valence-electron chi connectivity index (χ1n) is 11.1. The minimum atomic E-state index is -1.74. The van der Waals surface area contributed by atoms with Crippen LogP contribution in [0.4, 0.5) is 0 Å². The fourth-order valence-electron chi connectivity index (χ4n) is 4.09. The number of aliphatic hydroxyl groups excluding tert-OH is 2. The normalized spacial score (nSPS) is 26.6. The Hall–Kier alpha value is -1.74. The molecule has 3 N–H and O–H groups in total. The fourth-order valence-corrected chi connectivity index (χ4v) is 4.09. The van der Waals surface area contributed by atoms with Gasteiger partial charge in [-0.15, -0.1) is 0 Å². The lowest BCUT2D eigenvalue weighted by Gasteiger charge is -2.27. The second-order valence-electron chi connectivity index (χ2n) is 8.51. The molecule has 8 nitrogen and oxygen atoms in total. The summed E-state index contributed by atoms with van der Waals surface area (Å²) in [6.07, 6.45) is 8.69. The fraction of sp³-hybridized carbons (Fsp3) is 0.727. The second kappa shape index (κ2) is 10.0. The molecule has 0 spiro atoms. The van der Waals surface area contributed by atoms with Gasteiger partial charge in [-0.1, -0.05) is 51.9 Å². The van der Waals surface area contributed by atoms with Crippen molar-refractivity contribution < 1.29 is 24.5 Å². The van der Waals surface area contributed by atoms with Gasteiger partial charge in [0.15, 0.2) is 6.23 Å². The molecule has 3 heterocycles. The van der Waals surface area contributed by atoms with E-state index in [0.29, 0.717) is 5.39 Å². The van der Waals surface area contributed by atoms with E-state index in [2.05, 4.69) is 11.9 Å². The Bertz CT molecular complexity index is 874. The molecule has 0 unspecified atom stereocenters. The molecule has 1 fully saturated rings. The van der Waals surface area contributed by atoms with E-state index >= 15 is 0 Å². The molecule has 1 aliphatic heterocycles. The van der Waals surface area contributed by atoms with Crippen LogP contribution in [-0.2, 0) is 11.2 Å². The maximum Gasteiger partial charge on any atom is 0.353 e. The van der Waals surface area contributed by atoms with Gasteiger partial charge in [0.1, 0.15) is 23.6 Å². The molecule has 0 amide bonds. The van der Waals surface area contributed by atoms with Gasteiger partial charge in [0.2, 0.25) is 5.71 Å². The molecular weight excluding hydrogens is 388 g/mol. The predicted molar refractivity (Wildman–Crippen MR) is 112 cm³/mol. The Morgan fingerprint density at radius 2 is 1.83 bits per heavy atom. The average molecular weight is 423 g/mol. The van der Waals surface area contributed by atoms with Gasteiger partial charge in [0, 0.05) is 12.6 Å². The van der Waals surface area contributed by atoms with Gasteiger partial charge in [0.25, 0.3) is 0 Å². The Labute approximate surface area is 176 Å². The maximum atomic E-state index is 12.5. The number of fused-ring (bicyclic) bond motifs is 1. The van der Waals surface area contributed by atoms with Gasteiger partial charge >= 0.3 is 5.69 Å². The van der Waals surface area contributed by atoms with Crippen molar-refractivity contribution in [1.82, 2.24) is 9.55 Å². The Morgan fingerprint density at radius 1 is 1.17 bits per heavy atom. The number of aliphatic hydroxyl groups is 3. The Balaban J connectivity index is 1.63. The minimum Gasteiger partial charge on any atom is -0.443 e. The van der Waals surface area contributed by atoms with Gasteiger partial charge < -0.3 is 24.5 Å². The van der Waals surface area contributed by atoms with Gasteiger partial charge in [-0.2, -0.15) is 4.98 Å². The van der Waals surface area contributed by atoms with Crippen LogP contribution in [0, 0.1) is 0 Å². The van der Waals surface area contributed by atoms with Crippen molar-refractivity contribution in [2.45, 2.75) is 95.7 Å². The lowest BCUT2D eigenvalue weighted by molar-refractivity contribution is -0.0985. The molecule has 0 aliphatic carbocycles. The van der Waals surface area contributed by atoms with E-state index in [1.807, 2.05) is 6.07 Å². The monoisotopic (exact) mass is 422 g/mol. The lowest BCUT2D eigenvalue weighted by atomic mass is 9.96. The van der Waals surface area contributed by atoms with Crippen LogP contribution in [0.25, 0.3) is 11.1 Å². The molecule has 2 aromatic rings. The highest BCUT2D eigenvalue weighted by molar-refractivity contribution is 5.72. The van der Waals surface area contributed by atoms with E-state index in [4.69, 9.17) is 9.15 Å². The average Bonchev–Trinajstić information content (AvgIpc) is 3.20. The van der Waals surface area contributed by atoms with Crippen molar-refractivity contribution >= 4 is 11.1 Å². The highest BCUT2D eigenvalue weighted by Crippen LogP contribution is 2.37. The third kappa shape index (κ3) is 4.94. The number of ether oxygens (including phenoxy) is 1. The van der Waals surface area contributed by atoms with Gasteiger partial charge in [0.05, 0.1) is 12.0 Å². The Morgan fingerprint density at radius 3 is 2.47 bits per heavy atom. The van der Waals surface area contributed by atoms with E-state index < -0.39 is 36.3 Å². The largest absolute Gasteiger partial charge is 0.443 e. The number of aryl methyl sites for hydroxylation is 1. The topological polar surface area (TPSA) is 118 Å². The van der Waals surface area contributed by atoms with E-state index in [0.717, 1.165) is 29.6 Å². The zero-order valence-electron chi connectivity index (χ0n) is 17.9. The molecule has 0 saturated carbocycles. The van der Waals surface area contributed by atoms with Gasteiger partial charge in [-0.3, -0.25) is 4.57 Å². The summed E-state index contributed by atoms with van der Waals surface area (Å²) in [5.74, 6) is 0.771. The third-order valence-electron chi connectivity index (χ3n) is 5.95. The first-order chi connectivity index (χ1) is 14.4. The molecule has 1 saturated heterocycles. The summed E-state index contributed by atoms with van der Waals surface area (Å²) >= 11 is 0. The quantitative estimate of drug-likeness (QED) is 0.477. The Kier molecular flexibility index (Phi) is 7.68. The van der Waals surface area contributed by atoms with Crippen LogP contribution in [0.1, 0.15) is 77.2 Å². The summed E-state index contributed by atoms with van der Waals surface area (Å²) < 4.78 is 12.4. The van der Waals surface area contributed by atoms with Crippen molar-refractivity contribution in [2.24, 2.45) is 0 Å². The summed E-state index contributed by atoms with van der Waals surface area (Å²) in [6.45, 7) is 3.13. The van der Waals surface area contributed by atoms with Crippen molar-refractivity contribution in [3.8, 4) is 0 Å². The highest BCUT2D eigenvalue weighted by Gasteiger charge is 2.53. The smallest absolute Gasteiger partial charge is 0.353 e. The SMILES string of the molecule is CCCCCCCCCCc1cc2cn([C@@H]3O[C@H](CO)[C@@H](O)[C@@]3(C)O)c(=O)nc2o1. The summed E-state index contributed by atoms with van der Waals surface area (Å²) in [4.78, 5) is 16.5. The zero-order chi connectivity index (χ0) is 21.7. The minimum absolute atomic E-state index is 0.253. The molecule has 1 aliphatic rings. The molecule has 2 aromatic heterocycles. The molecular formula is C22H34N2O6. The van der Waals surface area contributed by atoms with Crippen LogP contribution in [0.5, 0.6) is 0 Å². The number of hydrogen-bond donors (Lipinski definition) is 3. The zero-order valence-corrected chi connectivity index (χ0v) is 17.9. The second-order valence-corrected chi connectivity index (χ2v) is 8.51. The standard InChI is InChI=1S/C22H34N2O6/c1-3-4-5-6-7-8-9-10-11-16-12-15-13-24(21(27)23-19(15)29-16)20-22(2,28)18(26)17(14-25)30-20/h12-13,17-18,20,25-26,28H,3-11,14H2,1-2H3/t17-,18-,20-,22-/m1/s1. The maximum absolute atomic E-state index is 12.5. The molecule has 0 bridgehead atoms. The molecule has 0 radical (unpaired) electrons. The number of hydrogen-bond acceptors (Lipinski definition) is 7. The number of aromatic nitrogens is 2. The van der Waals surface area contributed by atoms with Gasteiger partial charge in [-0.25, -0.2) is 4.79 Å². The van der Waals surface area contributed by atoms with Crippen LogP contribution in [0.15, 0.2) is 21.5 Å². The van der Waals surface area contributed by atoms with Crippen LogP contribution in [-0.4, -0.2) is 49.3 Å². The van der Waals surface area contributed by atoms with E-state index in [-0.39, 0.29) is 5.71 Å². The van der Waals surface area contributed by atoms with Crippen LogP contribution >= 0.6 is 0 Å². The summed E-state index contributed by atoms with van der Waals surface area (Å²) in [5, 5.41) is 30.8. The van der Waals surface area contributed by atoms with Crippen molar-refractivity contribution in [1.29, 1.82) is 0 Å². The molecule has 168 valence electrons. The summed E-state index contributed by atoms with van der Waals surface area (Å²) in [6, 6.07) is 1.85. The van der Waals surface area contributed by atoms with Crippen molar-refractivity contribution in [3.63, 3.8) is 0 Å². The number of unbranched alkanes of at least 4 members (excludes halogenated alkanes) is 7. The number of furan rings is 1. The molecule has 8 heteroatoms. The highest BCUT2D eigenvalue weighted by atomic mass is 16.6. The third-order valence-corrected chi connectivity index (χ3v) is 5.95. The molecule has 3 rings (SSSR count).